The van der Waals surface area contributed by atoms with Gasteiger partial charge in [0.05, 0.1) is 18.8 Å². The van der Waals surface area contributed by atoms with Gasteiger partial charge >= 0.3 is 0 Å². The van der Waals surface area contributed by atoms with Crippen molar-refractivity contribution in [2.45, 2.75) is 59.3 Å². The smallest absolute Gasteiger partial charge is 0.0898 e. The Kier molecular flexibility index (Phi) is 7.94. The second kappa shape index (κ2) is 9.19. The summed E-state index contributed by atoms with van der Waals surface area (Å²) >= 11 is 0. The maximum Gasteiger partial charge on any atom is 0.0898 e. The fourth-order valence-corrected chi connectivity index (χ4v) is 2.44. The molecule has 2 unspecified atom stereocenters. The average Bonchev–Trinajstić information content (AvgIpc) is 2.41. The van der Waals surface area contributed by atoms with Crippen LogP contribution in [0.2, 0.25) is 0 Å². The van der Waals surface area contributed by atoms with Crippen molar-refractivity contribution in [1.82, 2.24) is 5.32 Å². The zero-order valence-corrected chi connectivity index (χ0v) is 14.1. The van der Waals surface area contributed by atoms with Crippen molar-refractivity contribution >= 4 is 0 Å². The molecule has 3 atom stereocenters. The Bertz CT molecular complexity index is 406. The summed E-state index contributed by atoms with van der Waals surface area (Å²) in [6.45, 7) is 11.6. The number of aryl methyl sites for hydroxylation is 1. The number of benzene rings is 1. The zero-order valence-electron chi connectivity index (χ0n) is 14.1. The SMILES string of the molecule is Cc1cccc([C@H](C)NCC(O)COC(C)CC(C)C)c1. The Balaban J connectivity index is 2.27. The highest BCUT2D eigenvalue weighted by atomic mass is 16.5. The van der Waals surface area contributed by atoms with Crippen molar-refractivity contribution in [1.29, 1.82) is 0 Å². The summed E-state index contributed by atoms with van der Waals surface area (Å²) < 4.78 is 5.68. The summed E-state index contributed by atoms with van der Waals surface area (Å²) in [5.74, 6) is 0.622. The normalized spacial score (nSPS) is 16.0. The number of aliphatic hydroxyl groups excluding tert-OH is 1. The Morgan fingerprint density at radius 3 is 2.52 bits per heavy atom. The molecule has 1 rings (SSSR count). The fraction of sp³-hybridized carbons (Fsp3) is 0.667. The lowest BCUT2D eigenvalue weighted by molar-refractivity contribution is -0.00914. The molecule has 0 aliphatic heterocycles. The van der Waals surface area contributed by atoms with Crippen LogP contribution in [-0.4, -0.2) is 30.5 Å². The molecular formula is C18H31NO2. The minimum Gasteiger partial charge on any atom is -0.389 e. The number of ether oxygens (including phenoxy) is 1. The van der Waals surface area contributed by atoms with E-state index in [1.807, 2.05) is 0 Å². The molecule has 0 aliphatic carbocycles. The van der Waals surface area contributed by atoms with E-state index in [4.69, 9.17) is 4.74 Å². The molecule has 120 valence electrons. The third kappa shape index (κ3) is 7.60. The van der Waals surface area contributed by atoms with Crippen LogP contribution >= 0.6 is 0 Å². The standard InChI is InChI=1S/C18H31NO2/c1-13(2)9-15(4)21-12-18(20)11-19-16(5)17-8-6-7-14(3)10-17/h6-8,10,13,15-16,18-20H,9,11-12H2,1-5H3/t15?,16-,18?/m0/s1. The lowest BCUT2D eigenvalue weighted by Gasteiger charge is -2.20. The van der Waals surface area contributed by atoms with E-state index in [0.717, 1.165) is 6.42 Å². The van der Waals surface area contributed by atoms with Crippen LogP contribution in [0.3, 0.4) is 0 Å². The van der Waals surface area contributed by atoms with Crippen LogP contribution in [0.25, 0.3) is 0 Å². The second-order valence-corrected chi connectivity index (χ2v) is 6.47. The third-order valence-electron chi connectivity index (χ3n) is 3.58. The van der Waals surface area contributed by atoms with Crippen LogP contribution < -0.4 is 5.32 Å². The topological polar surface area (TPSA) is 41.5 Å². The highest BCUT2D eigenvalue weighted by Crippen LogP contribution is 2.13. The molecule has 1 aromatic carbocycles. The van der Waals surface area contributed by atoms with Gasteiger partial charge in [-0.25, -0.2) is 0 Å². The molecule has 0 aliphatic rings. The molecule has 3 nitrogen and oxygen atoms in total. The summed E-state index contributed by atoms with van der Waals surface area (Å²) in [6.07, 6.45) is 0.764. The first-order chi connectivity index (χ1) is 9.88. The fourth-order valence-electron chi connectivity index (χ4n) is 2.44. The number of hydrogen-bond acceptors (Lipinski definition) is 3. The number of rotatable bonds is 9. The summed E-state index contributed by atoms with van der Waals surface area (Å²) in [5, 5.41) is 13.4. The average molecular weight is 293 g/mol. The molecule has 21 heavy (non-hydrogen) atoms. The number of aliphatic hydroxyl groups is 1. The van der Waals surface area contributed by atoms with Gasteiger partial charge in [-0.3, -0.25) is 0 Å². The van der Waals surface area contributed by atoms with Gasteiger partial charge in [-0.05, 0) is 38.7 Å². The first kappa shape index (κ1) is 18.1. The zero-order chi connectivity index (χ0) is 15.8. The van der Waals surface area contributed by atoms with Crippen molar-refractivity contribution in [3.63, 3.8) is 0 Å². The van der Waals surface area contributed by atoms with Crippen molar-refractivity contribution in [2.75, 3.05) is 13.2 Å². The van der Waals surface area contributed by atoms with Gasteiger partial charge in [0.2, 0.25) is 0 Å². The largest absolute Gasteiger partial charge is 0.389 e. The monoisotopic (exact) mass is 293 g/mol. The van der Waals surface area contributed by atoms with Gasteiger partial charge in [0.1, 0.15) is 0 Å². The quantitative estimate of drug-likeness (QED) is 0.732. The summed E-state index contributed by atoms with van der Waals surface area (Å²) in [5.41, 5.74) is 2.50. The molecule has 1 aromatic rings. The minimum absolute atomic E-state index is 0.203. The lowest BCUT2D eigenvalue weighted by atomic mass is 10.1. The Hall–Kier alpha value is -0.900. The van der Waals surface area contributed by atoms with E-state index in [0.29, 0.717) is 19.1 Å². The van der Waals surface area contributed by atoms with Gasteiger partial charge in [0, 0.05) is 12.6 Å². The van der Waals surface area contributed by atoms with E-state index in [9.17, 15) is 5.11 Å². The molecule has 0 saturated carbocycles. The lowest BCUT2D eigenvalue weighted by Crippen LogP contribution is -2.33. The Morgan fingerprint density at radius 2 is 1.90 bits per heavy atom. The molecule has 0 heterocycles. The predicted octanol–water partition coefficient (Wildman–Crippen LogP) is 3.46. The van der Waals surface area contributed by atoms with Gasteiger partial charge in [-0.1, -0.05) is 43.7 Å². The minimum atomic E-state index is -0.466. The van der Waals surface area contributed by atoms with Crippen molar-refractivity contribution in [3.05, 3.63) is 35.4 Å². The highest BCUT2D eigenvalue weighted by Gasteiger charge is 2.11. The van der Waals surface area contributed by atoms with E-state index in [2.05, 4.69) is 64.2 Å². The number of hydrogen-bond donors (Lipinski definition) is 2. The highest BCUT2D eigenvalue weighted by molar-refractivity contribution is 5.24. The molecule has 0 fully saturated rings. The van der Waals surface area contributed by atoms with Crippen LogP contribution in [0.5, 0.6) is 0 Å². The van der Waals surface area contributed by atoms with Gasteiger partial charge in [0.25, 0.3) is 0 Å². The van der Waals surface area contributed by atoms with Gasteiger partial charge in [0.15, 0.2) is 0 Å². The van der Waals surface area contributed by atoms with Crippen LogP contribution in [0, 0.1) is 12.8 Å². The molecule has 0 bridgehead atoms. The summed E-state index contributed by atoms with van der Waals surface area (Å²) in [4.78, 5) is 0. The van der Waals surface area contributed by atoms with E-state index in [-0.39, 0.29) is 12.1 Å². The summed E-state index contributed by atoms with van der Waals surface area (Å²) in [6, 6.07) is 8.67. The van der Waals surface area contributed by atoms with Gasteiger partial charge in [-0.15, -0.1) is 0 Å². The van der Waals surface area contributed by atoms with Crippen LogP contribution in [0.15, 0.2) is 24.3 Å². The van der Waals surface area contributed by atoms with Crippen molar-refractivity contribution in [3.8, 4) is 0 Å². The molecule has 0 radical (unpaired) electrons. The van der Waals surface area contributed by atoms with Crippen molar-refractivity contribution in [2.24, 2.45) is 5.92 Å². The Morgan fingerprint density at radius 1 is 1.19 bits per heavy atom. The van der Waals surface area contributed by atoms with E-state index >= 15 is 0 Å². The van der Waals surface area contributed by atoms with Crippen LogP contribution in [0.4, 0.5) is 0 Å². The predicted molar refractivity (Wildman–Crippen MR) is 88.5 cm³/mol. The van der Waals surface area contributed by atoms with Crippen molar-refractivity contribution < 1.29 is 9.84 Å². The molecule has 0 aromatic heterocycles. The van der Waals surface area contributed by atoms with Crippen LogP contribution in [-0.2, 0) is 4.74 Å². The van der Waals surface area contributed by atoms with Crippen LogP contribution in [0.1, 0.15) is 51.3 Å². The molecular weight excluding hydrogens is 262 g/mol. The first-order valence-corrected chi connectivity index (χ1v) is 7.98. The van der Waals surface area contributed by atoms with E-state index in [1.54, 1.807) is 0 Å². The summed E-state index contributed by atoms with van der Waals surface area (Å²) in [7, 11) is 0. The van der Waals surface area contributed by atoms with Gasteiger partial charge < -0.3 is 15.2 Å². The molecule has 0 amide bonds. The maximum atomic E-state index is 10.00. The van der Waals surface area contributed by atoms with E-state index < -0.39 is 6.10 Å². The third-order valence-corrected chi connectivity index (χ3v) is 3.58. The van der Waals surface area contributed by atoms with E-state index in [1.165, 1.54) is 11.1 Å². The maximum absolute atomic E-state index is 10.00. The molecule has 0 saturated heterocycles. The molecule has 2 N–H and O–H groups in total. The number of nitrogens with one attached hydrogen (secondary N) is 1. The molecule has 0 spiro atoms. The Labute approximate surface area is 129 Å². The second-order valence-electron chi connectivity index (χ2n) is 6.47. The van der Waals surface area contributed by atoms with Gasteiger partial charge in [-0.2, -0.15) is 0 Å². The molecule has 3 heteroatoms. The first-order valence-electron chi connectivity index (χ1n) is 7.98.